The van der Waals surface area contributed by atoms with Crippen molar-refractivity contribution in [3.05, 3.63) is 47.3 Å². The van der Waals surface area contributed by atoms with Gasteiger partial charge in [0.1, 0.15) is 0 Å². The molecule has 2 aromatic rings. The van der Waals surface area contributed by atoms with Gasteiger partial charge in [0.2, 0.25) is 0 Å². The second-order valence-corrected chi connectivity index (χ2v) is 7.04. The van der Waals surface area contributed by atoms with Crippen molar-refractivity contribution in [1.82, 2.24) is 15.1 Å². The zero-order valence-corrected chi connectivity index (χ0v) is 14.9. The number of hydrogen-bond acceptors (Lipinski definition) is 4. The summed E-state index contributed by atoms with van der Waals surface area (Å²) in [6.45, 7) is 4.59. The van der Waals surface area contributed by atoms with Crippen LogP contribution in [0.25, 0.3) is 5.69 Å². The third-order valence-electron chi connectivity index (χ3n) is 5.35. The van der Waals surface area contributed by atoms with Crippen molar-refractivity contribution in [3.63, 3.8) is 0 Å². The van der Waals surface area contributed by atoms with Crippen LogP contribution in [0.3, 0.4) is 0 Å². The van der Waals surface area contributed by atoms with E-state index in [0.717, 1.165) is 37.1 Å². The number of hydrogen-bond donors (Lipinski definition) is 2. The fourth-order valence-electron chi connectivity index (χ4n) is 3.74. The Morgan fingerprint density at radius 2 is 1.96 bits per heavy atom. The molecule has 0 spiro atoms. The standard InChI is InChI=1S/C20H26N4O/c1-14(23-18-7-3-17(13-25)4-8-18)20-12-22-24(15(20)2)19-9-5-16(11-21)6-10-19/h5-6,9-10,12,14,17-18,23,25H,3-4,7-8,13H2,1-2H3. The molecule has 1 aromatic heterocycles. The Labute approximate surface area is 149 Å². The lowest BCUT2D eigenvalue weighted by Crippen LogP contribution is -2.35. The first-order valence-electron chi connectivity index (χ1n) is 9.04. The van der Waals surface area contributed by atoms with E-state index in [4.69, 9.17) is 5.26 Å². The molecule has 1 saturated carbocycles. The molecule has 1 aliphatic carbocycles. The van der Waals surface area contributed by atoms with Crippen molar-refractivity contribution in [2.45, 2.75) is 51.6 Å². The molecule has 3 rings (SSSR count). The highest BCUT2D eigenvalue weighted by Crippen LogP contribution is 2.27. The van der Waals surface area contributed by atoms with Crippen LogP contribution in [0.15, 0.2) is 30.5 Å². The summed E-state index contributed by atoms with van der Waals surface area (Å²) in [5, 5.41) is 26.5. The van der Waals surface area contributed by atoms with Gasteiger partial charge in [-0.05, 0) is 69.7 Å². The molecule has 25 heavy (non-hydrogen) atoms. The topological polar surface area (TPSA) is 73.9 Å². The van der Waals surface area contributed by atoms with Gasteiger partial charge in [0.05, 0.1) is 23.5 Å². The largest absolute Gasteiger partial charge is 0.396 e. The summed E-state index contributed by atoms with van der Waals surface area (Å²) in [4.78, 5) is 0. The second-order valence-electron chi connectivity index (χ2n) is 7.04. The van der Waals surface area contributed by atoms with Crippen LogP contribution in [0, 0.1) is 24.2 Å². The van der Waals surface area contributed by atoms with Crippen molar-refractivity contribution in [1.29, 1.82) is 5.26 Å². The van der Waals surface area contributed by atoms with Crippen molar-refractivity contribution in [2.75, 3.05) is 6.61 Å². The first kappa shape index (κ1) is 17.7. The maximum atomic E-state index is 9.27. The van der Waals surface area contributed by atoms with E-state index >= 15 is 0 Å². The molecule has 132 valence electrons. The number of aromatic nitrogens is 2. The van der Waals surface area contributed by atoms with E-state index in [1.54, 1.807) is 0 Å². The molecule has 5 nitrogen and oxygen atoms in total. The molecule has 1 unspecified atom stereocenters. The summed E-state index contributed by atoms with van der Waals surface area (Å²) in [7, 11) is 0. The minimum Gasteiger partial charge on any atom is -0.396 e. The number of aliphatic hydroxyl groups is 1. The van der Waals surface area contributed by atoms with Crippen molar-refractivity contribution in [2.24, 2.45) is 5.92 Å². The highest BCUT2D eigenvalue weighted by molar-refractivity contribution is 5.41. The average Bonchev–Trinajstić information content (AvgIpc) is 3.04. The minimum absolute atomic E-state index is 0.239. The normalized spacial score (nSPS) is 21.7. The van der Waals surface area contributed by atoms with Crippen LogP contribution in [0.1, 0.15) is 55.5 Å². The van der Waals surface area contributed by atoms with E-state index in [9.17, 15) is 5.11 Å². The maximum Gasteiger partial charge on any atom is 0.0991 e. The Morgan fingerprint density at radius 3 is 2.56 bits per heavy atom. The SMILES string of the molecule is Cc1c(C(C)NC2CCC(CO)CC2)cnn1-c1ccc(C#N)cc1. The molecule has 1 aromatic carbocycles. The highest BCUT2D eigenvalue weighted by atomic mass is 16.3. The Morgan fingerprint density at radius 1 is 1.28 bits per heavy atom. The van der Waals surface area contributed by atoms with E-state index in [1.165, 1.54) is 5.56 Å². The molecule has 1 aliphatic rings. The summed E-state index contributed by atoms with van der Waals surface area (Å²) in [6, 6.07) is 10.4. The molecular formula is C20H26N4O. The van der Waals surface area contributed by atoms with Gasteiger partial charge in [0.15, 0.2) is 0 Å². The minimum atomic E-state index is 0.239. The molecule has 0 amide bonds. The van der Waals surface area contributed by atoms with Crippen molar-refractivity contribution >= 4 is 0 Å². The van der Waals surface area contributed by atoms with Crippen LogP contribution in [-0.2, 0) is 0 Å². The number of aliphatic hydroxyl groups excluding tert-OH is 1. The molecule has 1 fully saturated rings. The van der Waals surface area contributed by atoms with Crippen molar-refractivity contribution in [3.8, 4) is 11.8 Å². The summed E-state index contributed by atoms with van der Waals surface area (Å²) in [5.41, 5.74) is 3.95. The zero-order chi connectivity index (χ0) is 17.8. The van der Waals surface area contributed by atoms with Gasteiger partial charge in [-0.1, -0.05) is 0 Å². The molecular weight excluding hydrogens is 312 g/mol. The van der Waals surface area contributed by atoms with Crippen LogP contribution >= 0.6 is 0 Å². The Bertz CT molecular complexity index is 736. The van der Waals surface area contributed by atoms with Crippen molar-refractivity contribution < 1.29 is 5.11 Å². The van der Waals surface area contributed by atoms with Gasteiger partial charge in [-0.15, -0.1) is 0 Å². The predicted octanol–water partition coefficient (Wildman–Crippen LogP) is 3.25. The Hall–Kier alpha value is -2.16. The number of nitrogens with zero attached hydrogens (tertiary/aromatic N) is 3. The number of rotatable bonds is 5. The monoisotopic (exact) mass is 338 g/mol. The van der Waals surface area contributed by atoms with E-state index in [0.29, 0.717) is 24.1 Å². The number of nitrogens with one attached hydrogen (secondary N) is 1. The molecule has 2 N–H and O–H groups in total. The second kappa shape index (κ2) is 7.81. The van der Waals surface area contributed by atoms with Crippen LogP contribution in [0.4, 0.5) is 0 Å². The molecule has 0 bridgehead atoms. The predicted molar refractivity (Wildman–Crippen MR) is 97.4 cm³/mol. The Balaban J connectivity index is 1.69. The van der Waals surface area contributed by atoms with Gasteiger partial charge in [-0.2, -0.15) is 10.4 Å². The molecule has 0 aliphatic heterocycles. The van der Waals surface area contributed by atoms with Gasteiger partial charge in [0.25, 0.3) is 0 Å². The van der Waals surface area contributed by atoms with Gasteiger partial charge in [-0.25, -0.2) is 4.68 Å². The number of benzene rings is 1. The Kier molecular flexibility index (Phi) is 5.52. The van der Waals surface area contributed by atoms with Gasteiger partial charge in [0, 0.05) is 29.9 Å². The lowest BCUT2D eigenvalue weighted by molar-refractivity contribution is 0.172. The van der Waals surface area contributed by atoms with Gasteiger partial charge >= 0.3 is 0 Å². The molecule has 0 radical (unpaired) electrons. The van der Waals surface area contributed by atoms with Crippen LogP contribution < -0.4 is 5.32 Å². The first-order chi connectivity index (χ1) is 12.1. The third kappa shape index (κ3) is 3.92. The summed E-state index contributed by atoms with van der Waals surface area (Å²) >= 11 is 0. The lowest BCUT2D eigenvalue weighted by atomic mass is 9.86. The van der Waals surface area contributed by atoms with E-state index < -0.39 is 0 Å². The smallest absolute Gasteiger partial charge is 0.0991 e. The van der Waals surface area contributed by atoms with Crippen LogP contribution in [0.2, 0.25) is 0 Å². The summed E-state index contributed by atoms with van der Waals surface area (Å²) in [6.07, 6.45) is 6.38. The van der Waals surface area contributed by atoms with E-state index in [-0.39, 0.29) is 6.04 Å². The quantitative estimate of drug-likeness (QED) is 0.877. The average molecular weight is 338 g/mol. The summed E-state index contributed by atoms with van der Waals surface area (Å²) in [5.74, 6) is 0.481. The van der Waals surface area contributed by atoms with Gasteiger partial charge in [-0.3, -0.25) is 0 Å². The van der Waals surface area contributed by atoms with E-state index in [1.807, 2.05) is 35.1 Å². The van der Waals surface area contributed by atoms with E-state index in [2.05, 4.69) is 30.3 Å². The fourth-order valence-corrected chi connectivity index (χ4v) is 3.74. The molecule has 0 saturated heterocycles. The maximum absolute atomic E-state index is 9.27. The first-order valence-corrected chi connectivity index (χ1v) is 9.04. The molecule has 1 heterocycles. The molecule has 5 heteroatoms. The summed E-state index contributed by atoms with van der Waals surface area (Å²) < 4.78 is 1.93. The third-order valence-corrected chi connectivity index (χ3v) is 5.35. The van der Waals surface area contributed by atoms with Crippen LogP contribution in [0.5, 0.6) is 0 Å². The van der Waals surface area contributed by atoms with Gasteiger partial charge < -0.3 is 10.4 Å². The molecule has 1 atom stereocenters. The van der Waals surface area contributed by atoms with Crippen LogP contribution in [-0.4, -0.2) is 27.5 Å². The highest BCUT2D eigenvalue weighted by Gasteiger charge is 2.23. The number of nitriles is 1. The fraction of sp³-hybridized carbons (Fsp3) is 0.500. The lowest BCUT2D eigenvalue weighted by Gasteiger charge is -2.30. The zero-order valence-electron chi connectivity index (χ0n) is 14.9.